The van der Waals surface area contributed by atoms with Gasteiger partial charge in [-0.25, -0.2) is 4.98 Å². The zero-order valence-corrected chi connectivity index (χ0v) is 17.5. The zero-order valence-electron chi connectivity index (χ0n) is 17.5. The molecule has 30 heavy (non-hydrogen) atoms. The van der Waals surface area contributed by atoms with Crippen molar-refractivity contribution in [1.82, 2.24) is 29.1 Å². The molecule has 1 N–H and O–H groups in total. The molecule has 7 nitrogen and oxygen atoms in total. The Hall–Kier alpha value is -2.96. The molecular formula is C23H28N6O. The number of aromatic amines is 1. The molecule has 0 radical (unpaired) electrons. The Labute approximate surface area is 175 Å². The van der Waals surface area contributed by atoms with Gasteiger partial charge in [-0.05, 0) is 24.8 Å². The standard InChI is InChI=1S/C23H28N6O/c1-2-3-9-14-28-21-19(25-20(26-21)17-12-7-8-13-17)22(30)29-23(28)24-18(27-29)15-16-10-5-4-6-11-16/h4-6,10-11,17H,2-3,7-9,12-15H2,1H3,(H,25,26). The third-order valence-corrected chi connectivity index (χ3v) is 6.17. The van der Waals surface area contributed by atoms with Crippen LogP contribution in [-0.4, -0.2) is 29.1 Å². The van der Waals surface area contributed by atoms with Crippen LogP contribution in [0.1, 0.15) is 75.0 Å². The van der Waals surface area contributed by atoms with Crippen LogP contribution in [0.25, 0.3) is 16.9 Å². The van der Waals surface area contributed by atoms with E-state index >= 15 is 0 Å². The molecule has 1 saturated carbocycles. The lowest BCUT2D eigenvalue weighted by atomic mass is 10.1. The van der Waals surface area contributed by atoms with Crippen molar-refractivity contribution >= 4 is 16.9 Å². The van der Waals surface area contributed by atoms with E-state index in [1.165, 1.54) is 17.4 Å². The fourth-order valence-electron chi connectivity index (χ4n) is 4.55. The van der Waals surface area contributed by atoms with Crippen molar-refractivity contribution in [1.29, 1.82) is 0 Å². The first-order valence-electron chi connectivity index (χ1n) is 11.2. The van der Waals surface area contributed by atoms with Gasteiger partial charge in [0.1, 0.15) is 5.82 Å². The Bertz CT molecular complexity index is 1210. The van der Waals surface area contributed by atoms with Crippen LogP contribution in [0.15, 0.2) is 35.1 Å². The highest BCUT2D eigenvalue weighted by Gasteiger charge is 2.24. The summed E-state index contributed by atoms with van der Waals surface area (Å²) >= 11 is 0. The minimum atomic E-state index is -0.157. The predicted octanol–water partition coefficient (Wildman–Crippen LogP) is 4.21. The maximum absolute atomic E-state index is 13.2. The molecule has 5 rings (SSSR count). The Morgan fingerprint density at radius 1 is 1.10 bits per heavy atom. The molecule has 0 amide bonds. The average Bonchev–Trinajstić information content (AvgIpc) is 3.50. The maximum atomic E-state index is 13.2. The molecule has 3 heterocycles. The molecular weight excluding hydrogens is 376 g/mol. The quantitative estimate of drug-likeness (QED) is 0.468. The maximum Gasteiger partial charge on any atom is 0.301 e. The summed E-state index contributed by atoms with van der Waals surface area (Å²) in [5.41, 5.74) is 2.25. The van der Waals surface area contributed by atoms with Crippen molar-refractivity contribution in [2.24, 2.45) is 0 Å². The first kappa shape index (κ1) is 19.0. The summed E-state index contributed by atoms with van der Waals surface area (Å²) in [7, 11) is 0. The molecule has 7 heteroatoms. The molecule has 4 aromatic rings. The third kappa shape index (κ3) is 3.42. The van der Waals surface area contributed by atoms with Crippen LogP contribution < -0.4 is 5.56 Å². The van der Waals surface area contributed by atoms with Crippen LogP contribution in [0, 0.1) is 0 Å². The van der Waals surface area contributed by atoms with Gasteiger partial charge in [-0.2, -0.15) is 9.50 Å². The van der Waals surface area contributed by atoms with Gasteiger partial charge >= 0.3 is 5.56 Å². The SMILES string of the molecule is CCCCCn1c2nc(C3CCCC3)[nH]c2c(=O)n2nc(Cc3ccccc3)nc12. The molecule has 0 aliphatic heterocycles. The second-order valence-corrected chi connectivity index (χ2v) is 8.37. The summed E-state index contributed by atoms with van der Waals surface area (Å²) in [6.07, 6.45) is 8.64. The summed E-state index contributed by atoms with van der Waals surface area (Å²) in [5, 5.41) is 4.58. The van der Waals surface area contributed by atoms with Gasteiger partial charge in [0.25, 0.3) is 0 Å². The van der Waals surface area contributed by atoms with Gasteiger partial charge in [0.15, 0.2) is 17.0 Å². The number of rotatable bonds is 7. The number of benzene rings is 1. The lowest BCUT2D eigenvalue weighted by Crippen LogP contribution is -2.20. The molecule has 1 aliphatic rings. The van der Waals surface area contributed by atoms with Crippen molar-refractivity contribution in [3.8, 4) is 0 Å². The Kier molecular flexibility index (Phi) is 5.11. The number of aromatic nitrogens is 6. The Balaban J connectivity index is 1.63. The number of nitrogens with one attached hydrogen (secondary N) is 1. The number of hydrogen-bond donors (Lipinski definition) is 1. The number of nitrogens with zero attached hydrogens (tertiary/aromatic N) is 5. The van der Waals surface area contributed by atoms with Crippen LogP contribution in [0.4, 0.5) is 0 Å². The molecule has 0 saturated heterocycles. The van der Waals surface area contributed by atoms with Crippen molar-refractivity contribution in [2.45, 2.75) is 70.8 Å². The summed E-state index contributed by atoms with van der Waals surface area (Å²) in [5.74, 6) is 2.63. The van der Waals surface area contributed by atoms with Gasteiger partial charge in [0.2, 0.25) is 5.78 Å². The summed E-state index contributed by atoms with van der Waals surface area (Å²) < 4.78 is 3.55. The smallest absolute Gasteiger partial charge is 0.301 e. The van der Waals surface area contributed by atoms with E-state index in [9.17, 15) is 4.79 Å². The first-order chi connectivity index (χ1) is 14.7. The van der Waals surface area contributed by atoms with Crippen molar-refractivity contribution < 1.29 is 0 Å². The second-order valence-electron chi connectivity index (χ2n) is 8.37. The van der Waals surface area contributed by atoms with Gasteiger partial charge in [-0.15, -0.1) is 5.10 Å². The zero-order chi connectivity index (χ0) is 20.5. The molecule has 156 valence electrons. The largest absolute Gasteiger partial charge is 0.336 e. The van der Waals surface area contributed by atoms with Crippen LogP contribution >= 0.6 is 0 Å². The van der Waals surface area contributed by atoms with E-state index in [2.05, 4.69) is 33.7 Å². The summed E-state index contributed by atoms with van der Waals surface area (Å²) in [6.45, 7) is 2.98. The minimum absolute atomic E-state index is 0.157. The summed E-state index contributed by atoms with van der Waals surface area (Å²) in [6, 6.07) is 10.1. The van der Waals surface area contributed by atoms with Crippen molar-refractivity contribution in [3.05, 3.63) is 57.9 Å². The van der Waals surface area contributed by atoms with Gasteiger partial charge in [0.05, 0.1) is 0 Å². The van der Waals surface area contributed by atoms with E-state index in [1.54, 1.807) is 0 Å². The minimum Gasteiger partial charge on any atom is -0.336 e. The monoisotopic (exact) mass is 404 g/mol. The molecule has 0 spiro atoms. The number of H-pyrrole nitrogens is 1. The van der Waals surface area contributed by atoms with Crippen LogP contribution in [-0.2, 0) is 13.0 Å². The molecule has 0 unspecified atom stereocenters. The van der Waals surface area contributed by atoms with E-state index in [4.69, 9.17) is 9.97 Å². The van der Waals surface area contributed by atoms with Crippen molar-refractivity contribution in [3.63, 3.8) is 0 Å². The predicted molar refractivity (Wildman–Crippen MR) is 117 cm³/mol. The van der Waals surface area contributed by atoms with E-state index in [0.29, 0.717) is 29.5 Å². The number of unbranched alkanes of at least 4 members (excludes halogenated alkanes) is 2. The number of hydrogen-bond acceptors (Lipinski definition) is 4. The molecule has 1 aromatic carbocycles. The number of fused-ring (bicyclic) bond motifs is 2. The molecule has 1 aliphatic carbocycles. The highest BCUT2D eigenvalue weighted by molar-refractivity contribution is 5.72. The van der Waals surface area contributed by atoms with Crippen LogP contribution in [0.2, 0.25) is 0 Å². The molecule has 1 fully saturated rings. The van der Waals surface area contributed by atoms with Crippen LogP contribution in [0.3, 0.4) is 0 Å². The Morgan fingerprint density at radius 2 is 1.90 bits per heavy atom. The normalized spacial score (nSPS) is 15.0. The van der Waals surface area contributed by atoms with E-state index in [0.717, 1.165) is 55.7 Å². The Morgan fingerprint density at radius 3 is 2.67 bits per heavy atom. The van der Waals surface area contributed by atoms with Gasteiger partial charge in [-0.1, -0.05) is 62.9 Å². The topological polar surface area (TPSA) is 80.9 Å². The summed E-state index contributed by atoms with van der Waals surface area (Å²) in [4.78, 5) is 26.3. The molecule has 3 aromatic heterocycles. The number of imidazole rings is 1. The lowest BCUT2D eigenvalue weighted by Gasteiger charge is -2.08. The van der Waals surface area contributed by atoms with Gasteiger partial charge < -0.3 is 4.98 Å². The fraction of sp³-hybridized carbons (Fsp3) is 0.478. The third-order valence-electron chi connectivity index (χ3n) is 6.17. The van der Waals surface area contributed by atoms with Crippen LogP contribution in [0.5, 0.6) is 0 Å². The van der Waals surface area contributed by atoms with E-state index in [1.807, 2.05) is 18.2 Å². The van der Waals surface area contributed by atoms with Gasteiger partial charge in [0, 0.05) is 18.9 Å². The fourth-order valence-corrected chi connectivity index (χ4v) is 4.55. The average molecular weight is 405 g/mol. The van der Waals surface area contributed by atoms with E-state index < -0.39 is 0 Å². The number of aryl methyl sites for hydroxylation is 1. The molecule has 0 bridgehead atoms. The first-order valence-corrected chi connectivity index (χ1v) is 11.2. The van der Waals surface area contributed by atoms with Gasteiger partial charge in [-0.3, -0.25) is 9.36 Å². The highest BCUT2D eigenvalue weighted by atomic mass is 16.1. The van der Waals surface area contributed by atoms with Crippen molar-refractivity contribution in [2.75, 3.05) is 0 Å². The highest BCUT2D eigenvalue weighted by Crippen LogP contribution is 2.33. The lowest BCUT2D eigenvalue weighted by molar-refractivity contribution is 0.609. The second kappa shape index (κ2) is 8.05. The molecule has 0 atom stereocenters. The van der Waals surface area contributed by atoms with E-state index in [-0.39, 0.29) is 5.56 Å².